The van der Waals surface area contributed by atoms with Gasteiger partial charge in [0.25, 0.3) is 0 Å². The Kier molecular flexibility index (Phi) is 9.03. The van der Waals surface area contributed by atoms with Crippen LogP contribution in [0.2, 0.25) is 0 Å². The molecule has 4 rings (SSSR count). The molecule has 0 aromatic heterocycles. The summed E-state index contributed by atoms with van der Waals surface area (Å²) in [5, 5.41) is 10.1. The molecular weight excluding hydrogens is 481 g/mol. The second kappa shape index (κ2) is 12.4. The van der Waals surface area contributed by atoms with E-state index in [1.54, 1.807) is 42.5 Å². The van der Waals surface area contributed by atoms with E-state index in [2.05, 4.69) is 6.58 Å². The zero-order chi connectivity index (χ0) is 26.4. The van der Waals surface area contributed by atoms with Gasteiger partial charge in [0.05, 0.1) is 25.9 Å². The maximum atomic E-state index is 15.0. The van der Waals surface area contributed by atoms with Gasteiger partial charge >= 0.3 is 0 Å². The zero-order valence-electron chi connectivity index (χ0n) is 20.8. The number of halogens is 3. The van der Waals surface area contributed by atoms with Crippen LogP contribution in [0.5, 0.6) is 5.75 Å². The number of ether oxygens (including phenoxy) is 3. The van der Waals surface area contributed by atoms with E-state index >= 15 is 0 Å². The van der Waals surface area contributed by atoms with Crippen LogP contribution in [-0.4, -0.2) is 31.0 Å². The molecule has 1 atom stereocenters. The first-order valence-electron chi connectivity index (χ1n) is 12.5. The Hall–Kier alpha value is -3.13. The van der Waals surface area contributed by atoms with Crippen molar-refractivity contribution >= 4 is 0 Å². The van der Waals surface area contributed by atoms with Crippen LogP contribution in [-0.2, 0) is 9.47 Å². The number of aliphatic hydroxyl groups is 1. The molecule has 1 unspecified atom stereocenters. The number of hydrogen-bond acceptors (Lipinski definition) is 4. The van der Waals surface area contributed by atoms with Crippen LogP contribution in [0.4, 0.5) is 13.2 Å². The van der Waals surface area contributed by atoms with E-state index in [0.29, 0.717) is 42.7 Å². The van der Waals surface area contributed by atoms with Gasteiger partial charge in [-0.2, -0.15) is 4.39 Å². The predicted molar refractivity (Wildman–Crippen MR) is 137 cm³/mol. The molecule has 0 amide bonds. The Morgan fingerprint density at radius 1 is 0.973 bits per heavy atom. The molecule has 1 saturated heterocycles. The zero-order valence-corrected chi connectivity index (χ0v) is 20.8. The minimum atomic E-state index is -1.04. The lowest BCUT2D eigenvalue weighted by Crippen LogP contribution is -2.35. The lowest BCUT2D eigenvalue weighted by atomic mass is 9.98. The molecule has 1 fully saturated rings. The normalized spacial score (nSPS) is 18.4. The third kappa shape index (κ3) is 6.24. The second-order valence-corrected chi connectivity index (χ2v) is 9.09. The van der Waals surface area contributed by atoms with Crippen molar-refractivity contribution in [3.8, 4) is 28.0 Å². The highest BCUT2D eigenvalue weighted by Gasteiger charge is 2.29. The average Bonchev–Trinajstić information content (AvgIpc) is 2.91. The van der Waals surface area contributed by atoms with Gasteiger partial charge in [-0.05, 0) is 47.7 Å². The molecule has 37 heavy (non-hydrogen) atoms. The number of benzene rings is 3. The predicted octanol–water partition coefficient (Wildman–Crippen LogP) is 7.22. The molecule has 3 aromatic rings. The summed E-state index contributed by atoms with van der Waals surface area (Å²) in [7, 11) is 0. The van der Waals surface area contributed by atoms with E-state index in [0.717, 1.165) is 6.42 Å². The molecule has 3 aromatic carbocycles. The highest BCUT2D eigenvalue weighted by Crippen LogP contribution is 2.34. The van der Waals surface area contributed by atoms with Crippen LogP contribution in [0.3, 0.4) is 0 Å². The summed E-state index contributed by atoms with van der Waals surface area (Å²) < 4.78 is 60.8. The van der Waals surface area contributed by atoms with E-state index < -0.39 is 29.8 Å². The average molecular weight is 513 g/mol. The number of aliphatic hydroxyl groups excluding tert-OH is 1. The molecule has 1 heterocycles. The quantitative estimate of drug-likeness (QED) is 0.230. The molecule has 4 nitrogen and oxygen atoms in total. The highest BCUT2D eigenvalue weighted by molar-refractivity contribution is 5.71. The van der Waals surface area contributed by atoms with Crippen LogP contribution >= 0.6 is 0 Å². The Bertz CT molecular complexity index is 1200. The lowest BCUT2D eigenvalue weighted by Gasteiger charge is -2.32. The van der Waals surface area contributed by atoms with Gasteiger partial charge in [0.2, 0.25) is 5.82 Å². The maximum absolute atomic E-state index is 15.0. The molecule has 7 heteroatoms. The fourth-order valence-electron chi connectivity index (χ4n) is 4.31. The van der Waals surface area contributed by atoms with Gasteiger partial charge < -0.3 is 19.3 Å². The second-order valence-electron chi connectivity index (χ2n) is 9.09. The van der Waals surface area contributed by atoms with Crippen LogP contribution in [0.15, 0.2) is 67.3 Å². The van der Waals surface area contributed by atoms with Crippen LogP contribution in [0, 0.1) is 23.4 Å². The fraction of sp³-hybridized carbons (Fsp3) is 0.333. The lowest BCUT2D eigenvalue weighted by molar-refractivity contribution is -0.220. The molecule has 196 valence electrons. The summed E-state index contributed by atoms with van der Waals surface area (Å²) in [6, 6.07) is 14.4. The van der Waals surface area contributed by atoms with E-state index in [1.807, 2.05) is 6.92 Å². The molecule has 1 aliphatic heterocycles. The summed E-state index contributed by atoms with van der Waals surface area (Å²) in [5.74, 6) is -2.78. The van der Waals surface area contributed by atoms with Crippen LogP contribution in [0.25, 0.3) is 22.3 Å². The van der Waals surface area contributed by atoms with Crippen LogP contribution < -0.4 is 4.74 Å². The first-order valence-corrected chi connectivity index (χ1v) is 12.5. The van der Waals surface area contributed by atoms with Crippen LogP contribution in [0.1, 0.15) is 38.0 Å². The summed E-state index contributed by atoms with van der Waals surface area (Å²) in [6.45, 7) is 6.38. The monoisotopic (exact) mass is 512 g/mol. The molecule has 1 aliphatic rings. The van der Waals surface area contributed by atoms with Gasteiger partial charge in [-0.25, -0.2) is 8.78 Å². The molecular formula is C30H31F3O4. The van der Waals surface area contributed by atoms with E-state index in [1.165, 1.54) is 18.2 Å². The van der Waals surface area contributed by atoms with Crippen molar-refractivity contribution in [3.63, 3.8) is 0 Å². The van der Waals surface area contributed by atoms with E-state index in [-0.39, 0.29) is 29.4 Å². The minimum Gasteiger partial charge on any atom is -0.490 e. The van der Waals surface area contributed by atoms with Crippen molar-refractivity contribution in [3.05, 3.63) is 90.3 Å². The molecule has 1 N–H and O–H groups in total. The largest absolute Gasteiger partial charge is 0.490 e. The highest BCUT2D eigenvalue weighted by atomic mass is 19.2. The van der Waals surface area contributed by atoms with E-state index in [4.69, 9.17) is 14.2 Å². The van der Waals surface area contributed by atoms with Gasteiger partial charge in [0, 0.05) is 17.0 Å². The molecule has 0 saturated carbocycles. The van der Waals surface area contributed by atoms with Crippen molar-refractivity contribution in [2.75, 3.05) is 19.8 Å². The van der Waals surface area contributed by atoms with Crippen molar-refractivity contribution in [1.82, 2.24) is 0 Å². The SMILES string of the molecule is C=CCCOc1ccc(-c2ccc(-c3ccc(C4OCC(C(O)CCC)CO4)c(F)c3)cc2)c(F)c1F. The Morgan fingerprint density at radius 2 is 1.65 bits per heavy atom. The first kappa shape index (κ1) is 26.9. The summed E-state index contributed by atoms with van der Waals surface area (Å²) in [5.41, 5.74) is 2.22. The van der Waals surface area contributed by atoms with Crippen molar-refractivity contribution in [2.45, 2.75) is 38.6 Å². The summed E-state index contributed by atoms with van der Waals surface area (Å²) in [4.78, 5) is 0. The number of hydrogen-bond donors (Lipinski definition) is 1. The Morgan fingerprint density at radius 3 is 2.30 bits per heavy atom. The maximum Gasteiger partial charge on any atom is 0.201 e. The number of rotatable bonds is 10. The van der Waals surface area contributed by atoms with Crippen molar-refractivity contribution < 1.29 is 32.5 Å². The summed E-state index contributed by atoms with van der Waals surface area (Å²) >= 11 is 0. The molecule has 0 spiro atoms. The van der Waals surface area contributed by atoms with Gasteiger partial charge in [0.15, 0.2) is 17.9 Å². The van der Waals surface area contributed by atoms with Gasteiger partial charge in [-0.1, -0.05) is 55.8 Å². The smallest absolute Gasteiger partial charge is 0.201 e. The Balaban J connectivity index is 1.45. The minimum absolute atomic E-state index is 0.107. The van der Waals surface area contributed by atoms with Crippen molar-refractivity contribution in [1.29, 1.82) is 0 Å². The fourth-order valence-corrected chi connectivity index (χ4v) is 4.31. The first-order chi connectivity index (χ1) is 17.9. The molecule has 0 aliphatic carbocycles. The topological polar surface area (TPSA) is 47.9 Å². The third-order valence-electron chi connectivity index (χ3n) is 6.46. The van der Waals surface area contributed by atoms with E-state index in [9.17, 15) is 18.3 Å². The van der Waals surface area contributed by atoms with Gasteiger partial charge in [-0.3, -0.25) is 0 Å². The standard InChI is InChI=1S/C30H31F3O4/c1-3-5-15-35-27-14-13-23(28(32)29(27)33)20-9-7-19(8-10-20)21-11-12-24(25(31)16-21)30-36-17-22(18-37-30)26(34)6-4-2/h3,7-14,16,22,26,30,34H,1,4-6,15,17-18H2,2H3. The summed E-state index contributed by atoms with van der Waals surface area (Å²) in [6.07, 6.45) is 2.36. The van der Waals surface area contributed by atoms with Crippen molar-refractivity contribution in [2.24, 2.45) is 5.92 Å². The third-order valence-corrected chi connectivity index (χ3v) is 6.46. The molecule has 0 radical (unpaired) electrons. The Labute approximate surface area is 215 Å². The molecule has 0 bridgehead atoms. The van der Waals surface area contributed by atoms with Gasteiger partial charge in [0.1, 0.15) is 5.82 Å². The van der Waals surface area contributed by atoms with Gasteiger partial charge in [-0.15, -0.1) is 6.58 Å².